The van der Waals surface area contributed by atoms with Gasteiger partial charge in [0.2, 0.25) is 0 Å². The van der Waals surface area contributed by atoms with E-state index >= 15 is 0 Å². The molecule has 4 aromatic rings. The zero-order valence-corrected chi connectivity index (χ0v) is 19.2. The summed E-state index contributed by atoms with van der Waals surface area (Å²) >= 11 is 0. The Morgan fingerprint density at radius 3 is 2.38 bits per heavy atom. The minimum absolute atomic E-state index is 0.144. The molecule has 0 atom stereocenters. The van der Waals surface area contributed by atoms with E-state index in [1.165, 1.54) is 0 Å². The zero-order valence-electron chi connectivity index (χ0n) is 19.2. The van der Waals surface area contributed by atoms with Crippen LogP contribution in [-0.4, -0.2) is 16.7 Å². The second-order valence-corrected chi connectivity index (χ2v) is 7.73. The third kappa shape index (κ3) is 5.82. The summed E-state index contributed by atoms with van der Waals surface area (Å²) in [6.07, 6.45) is 0.887. The molecule has 1 aromatic heterocycles. The van der Waals surface area contributed by atoms with E-state index in [-0.39, 0.29) is 13.1 Å². The molecule has 7 heteroatoms. The number of hydrogen-bond donors (Lipinski definition) is 4. The van der Waals surface area contributed by atoms with Gasteiger partial charge in [-0.3, -0.25) is 4.79 Å². The summed E-state index contributed by atoms with van der Waals surface area (Å²) in [5.74, 6) is 1.40. The van der Waals surface area contributed by atoms with E-state index < -0.39 is 0 Å². The SMILES string of the molecule is CCc1ccc(CN)cc1OCc1cc(-c2cccc(CN)c2)c2oc(CO)cc2c1.O=CO. The Morgan fingerprint density at radius 2 is 1.71 bits per heavy atom. The van der Waals surface area contributed by atoms with E-state index in [1.54, 1.807) is 0 Å². The van der Waals surface area contributed by atoms with Gasteiger partial charge in [-0.15, -0.1) is 0 Å². The largest absolute Gasteiger partial charge is 0.489 e. The maximum absolute atomic E-state index is 9.57. The molecule has 0 saturated carbocycles. The molecule has 0 fully saturated rings. The van der Waals surface area contributed by atoms with E-state index in [2.05, 4.69) is 25.1 Å². The van der Waals surface area contributed by atoms with Gasteiger partial charge in [-0.1, -0.05) is 37.3 Å². The van der Waals surface area contributed by atoms with Crippen molar-refractivity contribution in [1.29, 1.82) is 0 Å². The summed E-state index contributed by atoms with van der Waals surface area (Å²) in [4.78, 5) is 8.36. The number of aliphatic hydroxyl groups is 1. The molecule has 7 nitrogen and oxygen atoms in total. The number of ether oxygens (including phenoxy) is 1. The number of fused-ring (bicyclic) bond motifs is 1. The maximum atomic E-state index is 9.57. The second kappa shape index (κ2) is 12.0. The third-order valence-corrected chi connectivity index (χ3v) is 5.50. The van der Waals surface area contributed by atoms with E-state index in [9.17, 15) is 5.11 Å². The topological polar surface area (TPSA) is 132 Å². The van der Waals surface area contributed by atoms with E-state index in [1.807, 2.05) is 42.5 Å². The monoisotopic (exact) mass is 462 g/mol. The van der Waals surface area contributed by atoms with Crippen LogP contribution in [0.5, 0.6) is 5.75 Å². The Kier molecular flexibility index (Phi) is 8.81. The Bertz CT molecular complexity index is 1250. The molecular formula is C27H30N2O5. The van der Waals surface area contributed by atoms with Gasteiger partial charge in [0.25, 0.3) is 6.47 Å². The minimum atomic E-state index is -0.250. The molecule has 3 aromatic carbocycles. The van der Waals surface area contributed by atoms with E-state index in [0.29, 0.717) is 25.5 Å². The standard InChI is InChI=1S/C26H28N2O3.CH2O2/c1-2-20-7-6-18(14-28)11-25(20)30-16-19-9-22-12-23(15-29)31-26(22)24(10-19)21-5-3-4-17(8-21)13-27;2-1-3/h3-12,29H,2,13-16,27-28H2,1H3;1H,(H,2,3). The fraction of sp³-hybridized carbons (Fsp3) is 0.222. The summed E-state index contributed by atoms with van der Waals surface area (Å²) in [6.45, 7) is 3.08. The number of carbonyl (C=O) groups is 1. The van der Waals surface area contributed by atoms with Crippen LogP contribution in [0.4, 0.5) is 0 Å². The van der Waals surface area contributed by atoms with Gasteiger partial charge in [-0.2, -0.15) is 0 Å². The van der Waals surface area contributed by atoms with Gasteiger partial charge in [0.15, 0.2) is 0 Å². The van der Waals surface area contributed by atoms with Crippen LogP contribution in [-0.2, 0) is 37.5 Å². The molecule has 0 aliphatic carbocycles. The summed E-state index contributed by atoms with van der Waals surface area (Å²) in [5, 5.41) is 17.4. The fourth-order valence-electron chi connectivity index (χ4n) is 3.82. The van der Waals surface area contributed by atoms with Gasteiger partial charge >= 0.3 is 0 Å². The van der Waals surface area contributed by atoms with Crippen molar-refractivity contribution in [2.45, 2.75) is 39.6 Å². The highest BCUT2D eigenvalue weighted by Crippen LogP contribution is 2.34. The molecule has 0 aliphatic rings. The lowest BCUT2D eigenvalue weighted by atomic mass is 9.99. The molecule has 6 N–H and O–H groups in total. The molecule has 1 heterocycles. The molecule has 178 valence electrons. The Hall–Kier alpha value is -3.65. The summed E-state index contributed by atoms with van der Waals surface area (Å²) in [6, 6.07) is 20.3. The first-order valence-corrected chi connectivity index (χ1v) is 11.0. The van der Waals surface area contributed by atoms with Gasteiger partial charge in [-0.25, -0.2) is 0 Å². The van der Waals surface area contributed by atoms with Crippen LogP contribution < -0.4 is 16.2 Å². The van der Waals surface area contributed by atoms with Crippen molar-refractivity contribution in [3.05, 3.63) is 88.7 Å². The maximum Gasteiger partial charge on any atom is 0.290 e. The van der Waals surface area contributed by atoms with Crippen LogP contribution in [0.3, 0.4) is 0 Å². The van der Waals surface area contributed by atoms with Gasteiger partial charge in [-0.05, 0) is 64.6 Å². The Balaban J connectivity index is 0.00000103. The molecule has 0 saturated heterocycles. The van der Waals surface area contributed by atoms with Crippen LogP contribution in [0.1, 0.15) is 34.9 Å². The van der Waals surface area contributed by atoms with Gasteiger partial charge in [0, 0.05) is 24.0 Å². The third-order valence-electron chi connectivity index (χ3n) is 5.50. The minimum Gasteiger partial charge on any atom is -0.489 e. The predicted molar refractivity (Wildman–Crippen MR) is 132 cm³/mol. The average Bonchev–Trinajstić information content (AvgIpc) is 3.30. The van der Waals surface area contributed by atoms with Crippen molar-refractivity contribution >= 4 is 17.4 Å². The van der Waals surface area contributed by atoms with Crippen LogP contribution in [0, 0.1) is 0 Å². The fourth-order valence-corrected chi connectivity index (χ4v) is 3.82. The van der Waals surface area contributed by atoms with Crippen molar-refractivity contribution in [1.82, 2.24) is 0 Å². The molecule has 34 heavy (non-hydrogen) atoms. The van der Waals surface area contributed by atoms with Crippen LogP contribution in [0.25, 0.3) is 22.1 Å². The summed E-state index contributed by atoms with van der Waals surface area (Å²) in [7, 11) is 0. The smallest absolute Gasteiger partial charge is 0.290 e. The lowest BCUT2D eigenvalue weighted by Crippen LogP contribution is -2.02. The van der Waals surface area contributed by atoms with E-state index in [4.69, 9.17) is 30.5 Å². The number of aliphatic hydroxyl groups excluding tert-OH is 1. The first-order valence-electron chi connectivity index (χ1n) is 11.0. The number of benzene rings is 3. The normalized spacial score (nSPS) is 10.6. The van der Waals surface area contributed by atoms with Crippen LogP contribution in [0.2, 0.25) is 0 Å². The van der Waals surface area contributed by atoms with Crippen molar-refractivity contribution in [2.24, 2.45) is 11.5 Å². The van der Waals surface area contributed by atoms with Crippen molar-refractivity contribution in [2.75, 3.05) is 0 Å². The highest BCUT2D eigenvalue weighted by Gasteiger charge is 2.14. The first-order chi connectivity index (χ1) is 16.6. The molecule has 4 rings (SSSR count). The first kappa shape index (κ1) is 25.0. The molecule has 0 aliphatic heterocycles. The number of nitrogens with two attached hydrogens (primary N) is 2. The lowest BCUT2D eigenvalue weighted by Gasteiger charge is -2.13. The quantitative estimate of drug-likeness (QED) is 0.286. The highest BCUT2D eigenvalue weighted by atomic mass is 16.5. The van der Waals surface area contributed by atoms with Crippen molar-refractivity contribution in [3.8, 4) is 16.9 Å². The molecule has 0 unspecified atom stereocenters. The Labute approximate surface area is 198 Å². The number of rotatable bonds is 8. The summed E-state index contributed by atoms with van der Waals surface area (Å²) in [5.41, 5.74) is 18.6. The number of aryl methyl sites for hydroxylation is 1. The van der Waals surface area contributed by atoms with Crippen molar-refractivity contribution in [3.63, 3.8) is 0 Å². The molecular weight excluding hydrogens is 432 g/mol. The van der Waals surface area contributed by atoms with Crippen LogP contribution >= 0.6 is 0 Å². The predicted octanol–water partition coefficient (Wildman–Crippen LogP) is 4.35. The molecule has 0 amide bonds. The van der Waals surface area contributed by atoms with Gasteiger partial charge in [0.05, 0.1) is 0 Å². The van der Waals surface area contributed by atoms with Gasteiger partial charge < -0.3 is 30.8 Å². The molecule has 0 radical (unpaired) electrons. The summed E-state index contributed by atoms with van der Waals surface area (Å²) < 4.78 is 12.1. The molecule has 0 bridgehead atoms. The molecule has 0 spiro atoms. The number of furan rings is 1. The highest BCUT2D eigenvalue weighted by molar-refractivity contribution is 5.93. The number of hydrogen-bond acceptors (Lipinski definition) is 6. The van der Waals surface area contributed by atoms with Gasteiger partial charge in [0.1, 0.15) is 30.3 Å². The number of carboxylic acid groups (broad SMARTS) is 1. The zero-order chi connectivity index (χ0) is 24.5. The Morgan fingerprint density at radius 1 is 0.971 bits per heavy atom. The average molecular weight is 463 g/mol. The van der Waals surface area contributed by atoms with Crippen molar-refractivity contribution < 1.29 is 24.2 Å². The van der Waals surface area contributed by atoms with Crippen LogP contribution in [0.15, 0.2) is 65.1 Å². The lowest BCUT2D eigenvalue weighted by molar-refractivity contribution is -0.122. The second-order valence-electron chi connectivity index (χ2n) is 7.73. The van der Waals surface area contributed by atoms with E-state index in [0.717, 1.165) is 56.5 Å².